The summed E-state index contributed by atoms with van der Waals surface area (Å²) in [4.78, 5) is 12.9. The summed E-state index contributed by atoms with van der Waals surface area (Å²) in [5, 5.41) is 9.46. The number of Topliss-reactive ketones (excluding diaryl/α,β-unsaturated/α-hetero) is 1. The Morgan fingerprint density at radius 2 is 1.59 bits per heavy atom. The number of carbonyl (C=O) groups excluding carboxylic acids is 1. The number of nitriles is 1. The number of carbonyl (C=O) groups is 1. The summed E-state index contributed by atoms with van der Waals surface area (Å²) in [6.45, 7) is 1.48. The van der Waals surface area contributed by atoms with Gasteiger partial charge in [0.15, 0.2) is 5.79 Å². The van der Waals surface area contributed by atoms with Crippen molar-refractivity contribution in [3.63, 3.8) is 0 Å². The second-order valence-electron chi connectivity index (χ2n) is 5.56. The summed E-state index contributed by atoms with van der Waals surface area (Å²) in [6, 6.07) is 9.36. The molecule has 4 rings (SSSR count). The summed E-state index contributed by atoms with van der Waals surface area (Å²) >= 11 is 0. The number of ether oxygens (including phenoxy) is 4. The largest absolute Gasteiger partial charge is 0.343 e. The molecule has 0 bridgehead atoms. The molecule has 1 aromatic carbocycles. The van der Waals surface area contributed by atoms with Gasteiger partial charge >= 0.3 is 0 Å². The number of hydrogen-bond donors (Lipinski definition) is 0. The van der Waals surface area contributed by atoms with E-state index in [1.807, 2.05) is 18.2 Å². The molecular formula is C16H15NO5. The lowest BCUT2D eigenvalue weighted by Crippen LogP contribution is -2.40. The van der Waals surface area contributed by atoms with Crippen LogP contribution >= 0.6 is 0 Å². The molecule has 114 valence electrons. The average molecular weight is 301 g/mol. The Balaban J connectivity index is 1.97. The summed E-state index contributed by atoms with van der Waals surface area (Å²) in [5.41, 5.74) is 1.29. The Labute approximate surface area is 127 Å². The maximum Gasteiger partial charge on any atom is 0.258 e. The molecule has 2 spiro atoms. The van der Waals surface area contributed by atoms with Gasteiger partial charge in [0, 0.05) is 17.5 Å². The molecule has 3 aliphatic rings. The summed E-state index contributed by atoms with van der Waals surface area (Å²) < 4.78 is 23.1. The van der Waals surface area contributed by atoms with Gasteiger partial charge in [-0.15, -0.1) is 0 Å². The predicted molar refractivity (Wildman–Crippen MR) is 72.3 cm³/mol. The maximum atomic E-state index is 12.9. The van der Waals surface area contributed by atoms with E-state index in [1.54, 1.807) is 6.07 Å². The van der Waals surface area contributed by atoms with Crippen LogP contribution in [-0.2, 0) is 35.3 Å². The van der Waals surface area contributed by atoms with Crippen molar-refractivity contribution in [1.82, 2.24) is 0 Å². The molecule has 6 heteroatoms. The number of ketones is 1. The molecule has 22 heavy (non-hydrogen) atoms. The Hall–Kier alpha value is -1.78. The zero-order valence-electron chi connectivity index (χ0n) is 11.9. The van der Waals surface area contributed by atoms with Gasteiger partial charge in [-0.2, -0.15) is 5.26 Å². The van der Waals surface area contributed by atoms with Gasteiger partial charge in [-0.25, -0.2) is 0 Å². The van der Waals surface area contributed by atoms with Crippen molar-refractivity contribution in [3.8, 4) is 6.07 Å². The normalized spacial score (nSPS) is 28.5. The third kappa shape index (κ3) is 1.71. The molecule has 2 heterocycles. The Bertz CT molecular complexity index is 653. The number of nitrogens with zero attached hydrogens (tertiary/aromatic N) is 1. The van der Waals surface area contributed by atoms with Gasteiger partial charge in [-0.05, 0) is 0 Å². The topological polar surface area (TPSA) is 77.8 Å². The SMILES string of the molecule is N#CC1CC2(OCCO2)c2ccccc2C2(OCCO2)C1=O. The minimum absolute atomic E-state index is 0.147. The summed E-state index contributed by atoms with van der Waals surface area (Å²) in [6.07, 6.45) is 0.147. The first kappa shape index (κ1) is 13.9. The van der Waals surface area contributed by atoms with Gasteiger partial charge in [-0.3, -0.25) is 4.79 Å². The summed E-state index contributed by atoms with van der Waals surface area (Å²) in [5.74, 6) is -3.89. The minimum atomic E-state index is -1.52. The van der Waals surface area contributed by atoms with Crippen LogP contribution in [0.4, 0.5) is 0 Å². The maximum absolute atomic E-state index is 12.9. The quantitative estimate of drug-likeness (QED) is 0.716. The van der Waals surface area contributed by atoms with Gasteiger partial charge in [0.1, 0.15) is 5.92 Å². The third-order valence-corrected chi connectivity index (χ3v) is 4.41. The zero-order chi connectivity index (χ0) is 15.2. The van der Waals surface area contributed by atoms with Crippen LogP contribution in [0.15, 0.2) is 24.3 Å². The molecule has 0 N–H and O–H groups in total. The highest BCUT2D eigenvalue weighted by Crippen LogP contribution is 2.49. The van der Waals surface area contributed by atoms with E-state index in [2.05, 4.69) is 6.07 Å². The fraction of sp³-hybridized carbons (Fsp3) is 0.500. The van der Waals surface area contributed by atoms with Gasteiger partial charge < -0.3 is 18.9 Å². The predicted octanol–water partition coefficient (Wildman–Crippen LogP) is 1.20. The van der Waals surface area contributed by atoms with Crippen LogP contribution < -0.4 is 0 Å². The van der Waals surface area contributed by atoms with E-state index >= 15 is 0 Å². The highest BCUT2D eigenvalue weighted by atomic mass is 16.7. The molecule has 1 aromatic rings. The molecule has 0 saturated carbocycles. The van der Waals surface area contributed by atoms with Crippen molar-refractivity contribution >= 4 is 5.78 Å². The monoisotopic (exact) mass is 301 g/mol. The molecule has 2 saturated heterocycles. The third-order valence-electron chi connectivity index (χ3n) is 4.41. The Morgan fingerprint density at radius 1 is 1.00 bits per heavy atom. The molecule has 1 atom stereocenters. The second kappa shape index (κ2) is 4.86. The second-order valence-corrected chi connectivity index (χ2v) is 5.56. The number of benzene rings is 1. The van der Waals surface area contributed by atoms with Crippen LogP contribution in [0, 0.1) is 17.2 Å². The van der Waals surface area contributed by atoms with Crippen molar-refractivity contribution in [3.05, 3.63) is 35.4 Å². The highest BCUT2D eigenvalue weighted by Gasteiger charge is 2.58. The first-order chi connectivity index (χ1) is 10.7. The van der Waals surface area contributed by atoms with E-state index < -0.39 is 17.5 Å². The lowest BCUT2D eigenvalue weighted by Gasteiger charge is -2.30. The van der Waals surface area contributed by atoms with Gasteiger partial charge in [0.05, 0.1) is 32.5 Å². The molecule has 2 fully saturated rings. The molecular weight excluding hydrogens is 286 g/mol. The van der Waals surface area contributed by atoms with Crippen molar-refractivity contribution in [2.45, 2.75) is 18.0 Å². The average Bonchev–Trinajstić information content (AvgIpc) is 3.21. The summed E-state index contributed by atoms with van der Waals surface area (Å²) in [7, 11) is 0. The van der Waals surface area contributed by atoms with E-state index in [1.165, 1.54) is 0 Å². The smallest absolute Gasteiger partial charge is 0.258 e. The number of hydrogen-bond acceptors (Lipinski definition) is 6. The van der Waals surface area contributed by atoms with Crippen molar-refractivity contribution < 1.29 is 23.7 Å². The fourth-order valence-corrected chi connectivity index (χ4v) is 3.48. The van der Waals surface area contributed by atoms with Gasteiger partial charge in [0.2, 0.25) is 5.78 Å². The molecule has 2 aliphatic heterocycles. The Morgan fingerprint density at radius 3 is 2.23 bits per heavy atom. The minimum Gasteiger partial charge on any atom is -0.343 e. The number of fused-ring (bicyclic) bond motifs is 3. The standard InChI is InChI=1S/C16H15NO5/c17-10-11-9-15(19-5-6-20-15)12-3-1-2-4-13(12)16(14(11)18)21-7-8-22-16/h1-4,11H,5-9H2. The lowest BCUT2D eigenvalue weighted by atomic mass is 9.94. The van der Waals surface area contributed by atoms with E-state index in [0.717, 1.165) is 0 Å². The Kier molecular flexibility index (Phi) is 3.06. The molecule has 0 amide bonds. The molecule has 1 unspecified atom stereocenters. The van der Waals surface area contributed by atoms with Crippen molar-refractivity contribution in [2.75, 3.05) is 26.4 Å². The van der Waals surface area contributed by atoms with E-state index in [-0.39, 0.29) is 12.2 Å². The van der Waals surface area contributed by atoms with Crippen LogP contribution in [0.5, 0.6) is 0 Å². The number of rotatable bonds is 0. The van der Waals surface area contributed by atoms with Gasteiger partial charge in [0.25, 0.3) is 5.79 Å². The van der Waals surface area contributed by atoms with E-state index in [4.69, 9.17) is 18.9 Å². The molecule has 6 nitrogen and oxygen atoms in total. The van der Waals surface area contributed by atoms with Crippen molar-refractivity contribution in [1.29, 1.82) is 5.26 Å². The van der Waals surface area contributed by atoms with Crippen LogP contribution in [0.2, 0.25) is 0 Å². The van der Waals surface area contributed by atoms with Crippen LogP contribution in [-0.4, -0.2) is 32.2 Å². The molecule has 0 radical (unpaired) electrons. The zero-order valence-corrected chi connectivity index (χ0v) is 11.9. The van der Waals surface area contributed by atoms with E-state index in [9.17, 15) is 10.1 Å². The van der Waals surface area contributed by atoms with Crippen LogP contribution in [0.3, 0.4) is 0 Å². The molecule has 0 aromatic heterocycles. The fourth-order valence-electron chi connectivity index (χ4n) is 3.48. The van der Waals surface area contributed by atoms with E-state index in [0.29, 0.717) is 37.6 Å². The highest BCUT2D eigenvalue weighted by molar-refractivity contribution is 5.92. The first-order valence-electron chi connectivity index (χ1n) is 7.32. The lowest BCUT2D eigenvalue weighted by molar-refractivity contribution is -0.188. The molecule has 1 aliphatic carbocycles. The van der Waals surface area contributed by atoms with Gasteiger partial charge in [-0.1, -0.05) is 24.3 Å². The first-order valence-corrected chi connectivity index (χ1v) is 7.32. The van der Waals surface area contributed by atoms with Crippen LogP contribution in [0.1, 0.15) is 17.5 Å². The van der Waals surface area contributed by atoms with Crippen LogP contribution in [0.25, 0.3) is 0 Å². The van der Waals surface area contributed by atoms with Crippen molar-refractivity contribution in [2.24, 2.45) is 5.92 Å².